The van der Waals surface area contributed by atoms with Gasteiger partial charge in [0.05, 0.1) is 16.1 Å². The number of rotatable bonds is 2. The second kappa shape index (κ2) is 4.87. The average molecular weight is 316 g/mol. The van der Waals surface area contributed by atoms with E-state index >= 15 is 0 Å². The van der Waals surface area contributed by atoms with Crippen molar-refractivity contribution in [3.63, 3.8) is 0 Å². The molecule has 0 aromatic heterocycles. The first-order chi connectivity index (χ1) is 9.77. The predicted molar refractivity (Wildman–Crippen MR) is 73.6 cm³/mol. The van der Waals surface area contributed by atoms with Gasteiger partial charge in [-0.3, -0.25) is 0 Å². The van der Waals surface area contributed by atoms with Gasteiger partial charge in [0.15, 0.2) is 9.84 Å². The lowest BCUT2D eigenvalue weighted by Gasteiger charge is -2.20. The van der Waals surface area contributed by atoms with Gasteiger partial charge in [0.1, 0.15) is 0 Å². The van der Waals surface area contributed by atoms with E-state index in [4.69, 9.17) is 0 Å². The number of halogens is 3. The Morgan fingerprint density at radius 3 is 2.62 bits per heavy atom. The Kier molecular flexibility index (Phi) is 3.39. The van der Waals surface area contributed by atoms with Gasteiger partial charge in [-0.15, -0.1) is 0 Å². The summed E-state index contributed by atoms with van der Waals surface area (Å²) in [5.41, 5.74) is 0.860. The van der Waals surface area contributed by atoms with Crippen LogP contribution in [0.5, 0.6) is 0 Å². The first-order valence-corrected chi connectivity index (χ1v) is 8.46. The third-order valence-corrected chi connectivity index (χ3v) is 6.80. The van der Waals surface area contributed by atoms with Crippen molar-refractivity contribution < 1.29 is 21.6 Å². The maximum atomic E-state index is 12.7. The van der Waals surface area contributed by atoms with Crippen LogP contribution < -0.4 is 0 Å². The number of benzene rings is 1. The van der Waals surface area contributed by atoms with Crippen LogP contribution in [0.1, 0.15) is 30.4 Å². The molecule has 0 saturated carbocycles. The fraction of sp³-hybridized carbons (Fsp3) is 0.467. The van der Waals surface area contributed by atoms with Gasteiger partial charge in [-0.25, -0.2) is 8.42 Å². The molecular formula is C15H15F3O2S. The van der Waals surface area contributed by atoms with Crippen LogP contribution in [0, 0.1) is 0 Å². The summed E-state index contributed by atoms with van der Waals surface area (Å²) in [6, 6.07) is 5.24. The first kappa shape index (κ1) is 14.6. The Bertz CT molecular complexity index is 689. The maximum absolute atomic E-state index is 12.7. The smallest absolute Gasteiger partial charge is 0.228 e. The summed E-state index contributed by atoms with van der Waals surface area (Å²) in [7, 11) is -3.04. The summed E-state index contributed by atoms with van der Waals surface area (Å²) in [6.45, 7) is 0. The summed E-state index contributed by atoms with van der Waals surface area (Å²) in [5, 5.41) is -0.773. The van der Waals surface area contributed by atoms with E-state index in [1.807, 2.05) is 0 Å². The molecule has 3 rings (SSSR count). The van der Waals surface area contributed by atoms with Crippen LogP contribution in [0.3, 0.4) is 0 Å². The molecule has 2 nitrogen and oxygen atoms in total. The van der Waals surface area contributed by atoms with Crippen molar-refractivity contribution in [3.05, 3.63) is 47.0 Å². The van der Waals surface area contributed by atoms with Crippen molar-refractivity contribution in [2.75, 3.05) is 0 Å². The zero-order chi connectivity index (χ0) is 15.3. The van der Waals surface area contributed by atoms with Crippen LogP contribution >= 0.6 is 0 Å². The normalized spacial score (nSPS) is 27.5. The van der Waals surface area contributed by atoms with Gasteiger partial charge in [-0.2, -0.15) is 13.2 Å². The second-order valence-corrected chi connectivity index (χ2v) is 8.18. The molecule has 2 unspecified atom stereocenters. The first-order valence-electron chi connectivity index (χ1n) is 6.85. The fourth-order valence-electron chi connectivity index (χ4n) is 3.20. The summed E-state index contributed by atoms with van der Waals surface area (Å²) < 4.78 is 62.0. The van der Waals surface area contributed by atoms with Crippen molar-refractivity contribution in [1.29, 1.82) is 0 Å². The lowest BCUT2D eigenvalue weighted by Crippen LogP contribution is -2.27. The molecule has 6 heteroatoms. The molecule has 0 spiro atoms. The van der Waals surface area contributed by atoms with Crippen molar-refractivity contribution in [2.45, 2.75) is 42.4 Å². The van der Waals surface area contributed by atoms with E-state index in [9.17, 15) is 21.6 Å². The molecule has 0 amide bonds. The fourth-order valence-corrected chi connectivity index (χ4v) is 5.45. The van der Waals surface area contributed by atoms with Crippen LogP contribution in [0.4, 0.5) is 13.2 Å². The molecule has 1 aromatic carbocycles. The standard InChI is InChI=1S/C15H15F3O2S/c16-15(17,18)12-3-1-2-10(7-12)6-11-8-13-4-5-14(9-11)21(13,19)20/h1-3,7-8,13-14H,4-6,9H2. The maximum Gasteiger partial charge on any atom is 0.416 e. The molecule has 2 aliphatic rings. The molecule has 1 aromatic rings. The average Bonchev–Trinajstić information content (AvgIpc) is 2.58. The summed E-state index contributed by atoms with van der Waals surface area (Å²) in [5.74, 6) is 0. The van der Waals surface area contributed by atoms with E-state index in [-0.39, 0.29) is 5.25 Å². The quantitative estimate of drug-likeness (QED) is 0.782. The SMILES string of the molecule is O=S1(=O)C2C=C(Cc3cccc(C(F)(F)F)c3)CC1CC2. The second-order valence-electron chi connectivity index (χ2n) is 5.73. The molecule has 114 valence electrons. The molecule has 21 heavy (non-hydrogen) atoms. The predicted octanol–water partition coefficient (Wildman–Crippen LogP) is 3.52. The molecule has 0 radical (unpaired) electrons. The monoisotopic (exact) mass is 316 g/mol. The van der Waals surface area contributed by atoms with Crippen LogP contribution in [-0.2, 0) is 22.4 Å². The molecule has 2 heterocycles. The van der Waals surface area contributed by atoms with Crippen LogP contribution in [0.2, 0.25) is 0 Å². The highest BCUT2D eigenvalue weighted by Gasteiger charge is 2.42. The van der Waals surface area contributed by atoms with Gasteiger partial charge < -0.3 is 0 Å². The minimum absolute atomic E-state index is 0.340. The molecule has 1 fully saturated rings. The zero-order valence-corrected chi connectivity index (χ0v) is 12.0. The third-order valence-electron chi connectivity index (χ3n) is 4.26. The summed E-state index contributed by atoms with van der Waals surface area (Å²) in [4.78, 5) is 0. The Labute approximate surface area is 121 Å². The summed E-state index contributed by atoms with van der Waals surface area (Å²) in [6.07, 6.45) is -0.450. The van der Waals surface area contributed by atoms with E-state index < -0.39 is 26.8 Å². The molecule has 2 atom stereocenters. The van der Waals surface area contributed by atoms with Crippen LogP contribution in [0.15, 0.2) is 35.9 Å². The topological polar surface area (TPSA) is 34.1 Å². The zero-order valence-electron chi connectivity index (χ0n) is 11.2. The Morgan fingerprint density at radius 1 is 1.19 bits per heavy atom. The van der Waals surface area contributed by atoms with E-state index in [2.05, 4.69) is 0 Å². The van der Waals surface area contributed by atoms with Gasteiger partial charge >= 0.3 is 6.18 Å². The number of sulfone groups is 1. The number of allylic oxidation sites excluding steroid dienone is 1. The highest BCUT2D eigenvalue weighted by molar-refractivity contribution is 7.93. The van der Waals surface area contributed by atoms with Gasteiger partial charge in [0, 0.05) is 0 Å². The molecule has 2 bridgehead atoms. The third kappa shape index (κ3) is 2.73. The van der Waals surface area contributed by atoms with Crippen molar-refractivity contribution in [3.8, 4) is 0 Å². The van der Waals surface area contributed by atoms with E-state index in [1.165, 1.54) is 6.07 Å². The van der Waals surface area contributed by atoms with Gasteiger partial charge in [0.25, 0.3) is 0 Å². The summed E-state index contributed by atoms with van der Waals surface area (Å²) >= 11 is 0. The number of hydrogen-bond acceptors (Lipinski definition) is 2. The minimum Gasteiger partial charge on any atom is -0.228 e. The largest absolute Gasteiger partial charge is 0.416 e. The van der Waals surface area contributed by atoms with Crippen LogP contribution in [-0.4, -0.2) is 18.9 Å². The minimum atomic E-state index is -4.35. The molecule has 0 aliphatic carbocycles. The molecule has 1 saturated heterocycles. The van der Waals surface area contributed by atoms with Crippen molar-refractivity contribution in [1.82, 2.24) is 0 Å². The Morgan fingerprint density at radius 2 is 1.95 bits per heavy atom. The molecular weight excluding hydrogens is 301 g/mol. The van der Waals surface area contributed by atoms with Crippen molar-refractivity contribution in [2.24, 2.45) is 0 Å². The highest BCUT2D eigenvalue weighted by atomic mass is 32.2. The van der Waals surface area contributed by atoms with E-state index in [0.29, 0.717) is 31.2 Å². The lowest BCUT2D eigenvalue weighted by molar-refractivity contribution is -0.137. The van der Waals surface area contributed by atoms with Gasteiger partial charge in [0.2, 0.25) is 0 Å². The molecule has 0 N–H and O–H groups in total. The van der Waals surface area contributed by atoms with Gasteiger partial charge in [-0.05, 0) is 37.3 Å². The van der Waals surface area contributed by atoms with Crippen molar-refractivity contribution >= 4 is 9.84 Å². The number of hydrogen-bond donors (Lipinski definition) is 0. The van der Waals surface area contributed by atoms with Gasteiger partial charge in [-0.1, -0.05) is 29.8 Å². The van der Waals surface area contributed by atoms with E-state index in [1.54, 1.807) is 12.1 Å². The number of fused-ring (bicyclic) bond motifs is 2. The lowest BCUT2D eigenvalue weighted by atomic mass is 9.99. The highest BCUT2D eigenvalue weighted by Crippen LogP contribution is 2.38. The van der Waals surface area contributed by atoms with Crippen LogP contribution in [0.25, 0.3) is 0 Å². The van der Waals surface area contributed by atoms with E-state index in [0.717, 1.165) is 17.7 Å². The molecule has 2 aliphatic heterocycles. The Hall–Kier alpha value is -1.30. The Balaban J connectivity index is 1.83. The number of alkyl halides is 3.